The molecule has 0 saturated heterocycles. The van der Waals surface area contributed by atoms with Gasteiger partial charge in [0, 0.05) is 27.5 Å². The third kappa shape index (κ3) is 18.7. The van der Waals surface area contributed by atoms with E-state index in [0.29, 0.717) is 18.2 Å². The van der Waals surface area contributed by atoms with Crippen LogP contribution in [0.25, 0.3) is 21.5 Å². The van der Waals surface area contributed by atoms with E-state index in [4.69, 9.17) is 11.6 Å². The molecule has 0 atom stereocenters. The van der Waals surface area contributed by atoms with Crippen LogP contribution in [0.2, 0.25) is 5.28 Å². The summed E-state index contributed by atoms with van der Waals surface area (Å²) in [7, 11) is -33.9. The van der Waals surface area contributed by atoms with Gasteiger partial charge in [0.25, 0.3) is 0 Å². The second kappa shape index (κ2) is 29.6. The molecule has 1 heterocycles. The summed E-state index contributed by atoms with van der Waals surface area (Å²) < 4.78 is 218. The number of aromatic nitrogens is 3. The van der Waals surface area contributed by atoms with Crippen LogP contribution in [-0.4, -0.2) is 97.9 Å². The van der Waals surface area contributed by atoms with Crippen molar-refractivity contribution in [1.82, 2.24) is 15.0 Å². The molecule has 0 aliphatic rings. The van der Waals surface area contributed by atoms with E-state index in [1.807, 2.05) is 0 Å². The monoisotopic (exact) mass is 1330 g/mol. The molecule has 0 spiro atoms. The van der Waals surface area contributed by atoms with Gasteiger partial charge in [-0.3, -0.25) is 0 Å². The van der Waals surface area contributed by atoms with Gasteiger partial charge >= 0.3 is 194 Å². The number of benzene rings is 6. The molecule has 7 aromatic rings. The van der Waals surface area contributed by atoms with E-state index in [9.17, 15) is 93.1 Å². The van der Waals surface area contributed by atoms with Gasteiger partial charge in [-0.25, -0.2) is 50.5 Å². The Morgan fingerprint density at radius 3 is 1.48 bits per heavy atom. The van der Waals surface area contributed by atoms with Crippen LogP contribution < -0.4 is 198 Å². The molecule has 1 radical (unpaired) electrons. The minimum Gasteiger partial charge on any atom is -0.871 e. The third-order valence-electron chi connectivity index (χ3n) is 9.32. The molecule has 0 aliphatic heterocycles. The minimum atomic E-state index is -5.99. The number of halogens is 1. The van der Waals surface area contributed by atoms with Crippen molar-refractivity contribution in [1.29, 1.82) is 0 Å². The van der Waals surface area contributed by atoms with Crippen molar-refractivity contribution in [3.05, 3.63) is 84.1 Å². The van der Waals surface area contributed by atoms with Gasteiger partial charge in [-0.15, -0.1) is 10.2 Å². The second-order valence-corrected chi connectivity index (χ2v) is 22.5. The molecular formula is C35H16ClCuN9Na6O21S6. The number of azo groups is 2. The first kappa shape index (κ1) is 78.3. The molecule has 30 nitrogen and oxygen atoms in total. The van der Waals surface area contributed by atoms with E-state index in [-0.39, 0.29) is 230 Å². The van der Waals surface area contributed by atoms with E-state index in [1.54, 1.807) is 0 Å². The molecule has 44 heteroatoms. The molecular weight excluding hydrogens is 1310 g/mol. The molecule has 0 saturated carbocycles. The smallest absolute Gasteiger partial charge is 0.871 e. The number of aromatic hydroxyl groups is 1. The topological polar surface area (TPSA) is 522 Å². The quantitative estimate of drug-likeness (QED) is 0.0517. The molecule has 0 aliphatic carbocycles. The number of anilines is 4. The Balaban J connectivity index is 0.00000869. The Morgan fingerprint density at radius 1 is 0.456 bits per heavy atom. The van der Waals surface area contributed by atoms with E-state index in [1.165, 1.54) is 12.1 Å². The van der Waals surface area contributed by atoms with Crippen LogP contribution >= 0.6 is 11.6 Å². The first-order valence-corrected chi connectivity index (χ1v) is 27.0. The van der Waals surface area contributed by atoms with Gasteiger partial charge in [-0.2, -0.15) is 25.2 Å². The summed E-state index contributed by atoms with van der Waals surface area (Å²) in [6, 6.07) is 8.85. The maximum atomic E-state index is 13.5. The number of nitrogens with zero attached hydrogens (tertiary/aromatic N) is 7. The van der Waals surface area contributed by atoms with Crippen molar-refractivity contribution in [3.8, 4) is 17.2 Å². The summed E-state index contributed by atoms with van der Waals surface area (Å²) in [6.45, 7) is 0. The van der Waals surface area contributed by atoms with Crippen molar-refractivity contribution < 1.29 is 288 Å². The minimum absolute atomic E-state index is 0. The van der Waals surface area contributed by atoms with Gasteiger partial charge in [0.2, 0.25) is 17.2 Å². The Bertz CT molecular complexity index is 4320. The largest absolute Gasteiger partial charge is 2.00 e. The van der Waals surface area contributed by atoms with Crippen molar-refractivity contribution in [2.75, 3.05) is 10.6 Å². The zero-order chi connectivity index (χ0) is 53.3. The van der Waals surface area contributed by atoms with E-state index in [0.717, 1.165) is 30.3 Å². The van der Waals surface area contributed by atoms with Crippen LogP contribution in [0.3, 0.4) is 0 Å². The summed E-state index contributed by atoms with van der Waals surface area (Å²) >= 11 is 5.98. The maximum absolute atomic E-state index is 13.5. The normalized spacial score (nSPS) is 11.9. The van der Waals surface area contributed by atoms with Crippen LogP contribution in [0.5, 0.6) is 17.2 Å². The Hall–Kier alpha value is -0.681. The number of rotatable bonds is 14. The van der Waals surface area contributed by atoms with E-state index >= 15 is 0 Å². The average Bonchev–Trinajstić information content (AvgIpc) is 3.24. The zero-order valence-electron chi connectivity index (χ0n) is 40.4. The summed E-state index contributed by atoms with van der Waals surface area (Å²) in [4.78, 5) is 3.26. The number of phenols is 1. The molecule has 387 valence electrons. The van der Waals surface area contributed by atoms with Crippen molar-refractivity contribution in [3.63, 3.8) is 0 Å². The van der Waals surface area contributed by atoms with Gasteiger partial charge in [-0.05, 0) is 77.7 Å². The number of phenolic OH excluding ortho intramolecular Hbond substituents is 1. The number of hydrogen-bond acceptors (Lipinski definition) is 30. The molecule has 6 aromatic carbocycles. The van der Waals surface area contributed by atoms with Gasteiger partial charge in [-0.1, -0.05) is 29.7 Å². The molecule has 0 amide bonds. The molecule has 3 N–H and O–H groups in total. The average molecular weight is 1330 g/mol. The number of fused-ring (bicyclic) bond motifs is 2. The number of nitrogens with one attached hydrogen (secondary N) is 2. The predicted molar refractivity (Wildman–Crippen MR) is 229 cm³/mol. The van der Waals surface area contributed by atoms with E-state index in [2.05, 4.69) is 46.0 Å². The number of hydrogen-bond donors (Lipinski definition) is 3. The fraction of sp³-hybridized carbons (Fsp3) is 0. The molecule has 0 unspecified atom stereocenters. The van der Waals surface area contributed by atoms with Crippen LogP contribution in [0.1, 0.15) is 0 Å². The molecule has 1 aromatic heterocycles. The van der Waals surface area contributed by atoms with Crippen molar-refractivity contribution in [2.24, 2.45) is 20.5 Å². The maximum Gasteiger partial charge on any atom is 2.00 e. The third-order valence-corrected chi connectivity index (χ3v) is 14.6. The van der Waals surface area contributed by atoms with Crippen LogP contribution in [0.4, 0.5) is 46.0 Å². The zero-order valence-corrected chi connectivity index (χ0v) is 59.0. The summed E-state index contributed by atoms with van der Waals surface area (Å²) in [5.41, 5.74) is -4.83. The van der Waals surface area contributed by atoms with Crippen LogP contribution in [0, 0.1) is 0 Å². The summed E-state index contributed by atoms with van der Waals surface area (Å²) in [5, 5.41) is 52.1. The Kier molecular flexibility index (Phi) is 29.4. The van der Waals surface area contributed by atoms with Crippen molar-refractivity contribution >= 4 is 140 Å². The SMILES string of the molecule is O=S(=O)([O-])c1cccc(Nc2nc(Cl)nc(Nc3ccc(N=Nc4c(S(=O)(=O)[O-])cc5c(N=Nc6cc(S(=O)(=O)[O-])c7cc(S(=O)(=O)[O-])cc(S(=O)(=O)[O-])c7c6[O-])c([O-])ccc5c4O)c(S(=O)(=O)[O-])c3)n2)c1.[Cu+2].[Na+].[Na+].[Na+].[Na+].[Na+].[Na+]. The molecule has 0 fully saturated rings. The van der Waals surface area contributed by atoms with Crippen LogP contribution in [-0.2, 0) is 77.8 Å². The van der Waals surface area contributed by atoms with Crippen LogP contribution in [0.15, 0.2) is 129 Å². The molecule has 0 bridgehead atoms. The molecule has 7 rings (SSSR count). The standard InChI is InChI=1S/C35H24ClN9O21S6.Cu.6Na/c36-33-39-34(37-14-2-1-3-16(8-14)67(49,50)51)41-35(40-33)38-15-4-6-21(25(9-15)70(58,59)60)42-45-30-27(72(64,65)66)12-19-18(31(30)47)5-7-23(46)29(19)44-43-22-13-24(69(55,56)57)20-10-17(68(52,53)54)11-26(71(61,62)63)28(20)32(22)48;;;;;;;/h1-13,46-48H,(H,49,50,51)(H,52,53,54)(H,55,56,57)(H,58,59,60)(H,61,62,63)(H,64,65,66)(H2,37,38,39,40,41);;;;;;;/q;+2;6*+1/p-8. The fourth-order valence-corrected chi connectivity index (χ4v) is 10.3. The van der Waals surface area contributed by atoms with Crippen molar-refractivity contribution in [2.45, 2.75) is 29.4 Å². The Labute approximate surface area is 594 Å². The van der Waals surface area contributed by atoms with Gasteiger partial charge in [0.05, 0.1) is 40.7 Å². The Morgan fingerprint density at radius 2 is 0.962 bits per heavy atom. The first-order valence-electron chi connectivity index (χ1n) is 18.2. The van der Waals surface area contributed by atoms with Gasteiger partial charge in [0.15, 0.2) is 5.75 Å². The van der Waals surface area contributed by atoms with Gasteiger partial charge in [0.1, 0.15) is 72.1 Å². The summed E-state index contributed by atoms with van der Waals surface area (Å²) in [6.07, 6.45) is 0. The second-order valence-electron chi connectivity index (χ2n) is 14.0. The summed E-state index contributed by atoms with van der Waals surface area (Å²) in [5.74, 6) is -5.11. The first-order chi connectivity index (χ1) is 33.1. The van der Waals surface area contributed by atoms with E-state index < -0.39 is 163 Å². The van der Waals surface area contributed by atoms with Gasteiger partial charge < -0.3 is 53.3 Å². The molecule has 79 heavy (non-hydrogen) atoms. The predicted octanol–water partition coefficient (Wildman–Crippen LogP) is -15.6. The fourth-order valence-electron chi connectivity index (χ4n) is 6.34.